The molecule has 0 bridgehead atoms. The molecule has 0 aromatic heterocycles. The Morgan fingerprint density at radius 2 is 1.43 bits per heavy atom. The molecule has 0 aliphatic heterocycles. The van der Waals surface area contributed by atoms with Crippen molar-refractivity contribution in [2.75, 3.05) is 6.54 Å². The van der Waals surface area contributed by atoms with E-state index < -0.39 is 5.41 Å². The second kappa shape index (κ2) is 9.13. The van der Waals surface area contributed by atoms with Crippen LogP contribution in [0.2, 0.25) is 0 Å². The van der Waals surface area contributed by atoms with E-state index in [4.69, 9.17) is 0 Å². The van der Waals surface area contributed by atoms with Crippen LogP contribution >= 0.6 is 0 Å². The van der Waals surface area contributed by atoms with E-state index in [0.29, 0.717) is 13.0 Å². The van der Waals surface area contributed by atoms with E-state index in [0.717, 1.165) is 36.0 Å². The summed E-state index contributed by atoms with van der Waals surface area (Å²) in [5, 5.41) is 3.23. The number of fused-ring (bicyclic) bond motifs is 2. The lowest BCUT2D eigenvalue weighted by Gasteiger charge is -2.34. The quantitative estimate of drug-likeness (QED) is 0.570. The predicted molar refractivity (Wildman–Crippen MR) is 124 cm³/mol. The summed E-state index contributed by atoms with van der Waals surface area (Å²) in [6.45, 7) is 2.78. The first kappa shape index (κ1) is 20.2. The van der Waals surface area contributed by atoms with Crippen LogP contribution < -0.4 is 5.32 Å². The Hall–Kier alpha value is -3.13. The van der Waals surface area contributed by atoms with Crippen LogP contribution in [0.4, 0.5) is 0 Å². The molecule has 0 fully saturated rings. The van der Waals surface area contributed by atoms with E-state index in [1.807, 2.05) is 18.2 Å². The van der Waals surface area contributed by atoms with Crippen molar-refractivity contribution in [3.05, 3.63) is 113 Å². The lowest BCUT2D eigenvalue weighted by atomic mass is 9.69. The number of hydrogen-bond donors (Lipinski definition) is 1. The molecule has 2 heteroatoms. The summed E-state index contributed by atoms with van der Waals surface area (Å²) in [6.07, 6.45) is 7.76. The third-order valence-electron chi connectivity index (χ3n) is 6.08. The number of benzene rings is 3. The maximum atomic E-state index is 13.9. The molecule has 0 spiro atoms. The molecule has 2 nitrogen and oxygen atoms in total. The molecule has 1 aliphatic carbocycles. The van der Waals surface area contributed by atoms with E-state index in [-0.39, 0.29) is 5.91 Å². The number of nitrogens with one attached hydrogen (secondary N) is 1. The van der Waals surface area contributed by atoms with Crippen molar-refractivity contribution in [2.45, 2.75) is 38.0 Å². The van der Waals surface area contributed by atoms with Crippen molar-refractivity contribution in [1.29, 1.82) is 0 Å². The fourth-order valence-corrected chi connectivity index (χ4v) is 4.61. The van der Waals surface area contributed by atoms with Gasteiger partial charge in [-0.25, -0.2) is 0 Å². The second-order valence-electron chi connectivity index (χ2n) is 7.99. The lowest BCUT2D eigenvalue weighted by molar-refractivity contribution is -0.125. The van der Waals surface area contributed by atoms with Gasteiger partial charge >= 0.3 is 0 Å². The summed E-state index contributed by atoms with van der Waals surface area (Å²) in [7, 11) is 0. The number of allylic oxidation sites excluding steroid dienone is 1. The Kier molecular flexibility index (Phi) is 6.13. The summed E-state index contributed by atoms with van der Waals surface area (Å²) in [6, 6.07) is 27.3. The zero-order valence-corrected chi connectivity index (χ0v) is 17.6. The summed E-state index contributed by atoms with van der Waals surface area (Å²) < 4.78 is 0. The Balaban J connectivity index is 1.87. The van der Waals surface area contributed by atoms with Gasteiger partial charge in [-0.05, 0) is 53.5 Å². The first-order valence-corrected chi connectivity index (χ1v) is 10.9. The average molecular weight is 396 g/mol. The largest absolute Gasteiger partial charge is 0.355 e. The normalized spacial score (nSPS) is 14.6. The van der Waals surface area contributed by atoms with Crippen LogP contribution in [0.25, 0.3) is 6.08 Å². The van der Waals surface area contributed by atoms with Gasteiger partial charge in [0.2, 0.25) is 5.91 Å². The third kappa shape index (κ3) is 3.82. The van der Waals surface area contributed by atoms with Crippen LogP contribution in [-0.4, -0.2) is 12.5 Å². The van der Waals surface area contributed by atoms with Gasteiger partial charge < -0.3 is 5.32 Å². The van der Waals surface area contributed by atoms with Crippen molar-refractivity contribution in [1.82, 2.24) is 5.32 Å². The number of rotatable bonds is 6. The molecule has 0 radical (unpaired) electrons. The van der Waals surface area contributed by atoms with E-state index in [1.54, 1.807) is 0 Å². The van der Waals surface area contributed by atoms with Crippen LogP contribution in [0.1, 0.15) is 47.6 Å². The molecule has 152 valence electrons. The van der Waals surface area contributed by atoms with Gasteiger partial charge in [0, 0.05) is 6.54 Å². The third-order valence-corrected chi connectivity index (χ3v) is 6.08. The number of aryl methyl sites for hydroxylation is 2. The Morgan fingerprint density at radius 3 is 2.03 bits per heavy atom. The van der Waals surface area contributed by atoms with Crippen molar-refractivity contribution in [3.63, 3.8) is 0 Å². The molecular weight excluding hydrogens is 366 g/mol. The monoisotopic (exact) mass is 395 g/mol. The zero-order valence-electron chi connectivity index (χ0n) is 17.6. The van der Waals surface area contributed by atoms with E-state index in [9.17, 15) is 4.79 Å². The molecule has 3 aromatic carbocycles. The molecule has 0 heterocycles. The Bertz CT molecular complexity index is 988. The molecule has 0 saturated heterocycles. The first-order chi connectivity index (χ1) is 14.8. The highest BCUT2D eigenvalue weighted by Gasteiger charge is 2.44. The molecule has 1 aliphatic rings. The van der Waals surface area contributed by atoms with Crippen LogP contribution in [0.3, 0.4) is 0 Å². The van der Waals surface area contributed by atoms with Gasteiger partial charge in [0.15, 0.2) is 0 Å². The second-order valence-corrected chi connectivity index (χ2v) is 7.99. The maximum Gasteiger partial charge on any atom is 0.235 e. The number of carbonyl (C=O) groups is 1. The number of amides is 1. The fraction of sp³-hybridized carbons (Fsp3) is 0.250. The average Bonchev–Trinajstić information content (AvgIpc) is 2.94. The minimum atomic E-state index is -0.718. The van der Waals surface area contributed by atoms with Crippen LogP contribution in [0.5, 0.6) is 0 Å². The first-order valence-electron chi connectivity index (χ1n) is 10.9. The van der Waals surface area contributed by atoms with Gasteiger partial charge in [-0.15, -0.1) is 0 Å². The number of hydrogen-bond acceptors (Lipinski definition) is 1. The molecule has 4 rings (SSSR count). The molecule has 1 N–H and O–H groups in total. The SMILES string of the molecule is CCCNC(=O)C1(CC=Cc2ccccc2)c2ccccc2CCc2ccccc21. The molecule has 0 saturated carbocycles. The highest BCUT2D eigenvalue weighted by Crippen LogP contribution is 2.43. The summed E-state index contributed by atoms with van der Waals surface area (Å²) in [5.41, 5.74) is 5.26. The van der Waals surface area contributed by atoms with E-state index in [2.05, 4.69) is 85.1 Å². The minimum absolute atomic E-state index is 0.101. The van der Waals surface area contributed by atoms with Gasteiger partial charge in [0.1, 0.15) is 5.41 Å². The fourth-order valence-electron chi connectivity index (χ4n) is 4.61. The molecular formula is C28H29NO. The molecule has 1 amide bonds. The van der Waals surface area contributed by atoms with Crippen molar-refractivity contribution < 1.29 is 4.79 Å². The smallest absolute Gasteiger partial charge is 0.235 e. The summed E-state index contributed by atoms with van der Waals surface area (Å²) in [4.78, 5) is 13.9. The van der Waals surface area contributed by atoms with E-state index >= 15 is 0 Å². The minimum Gasteiger partial charge on any atom is -0.355 e. The van der Waals surface area contributed by atoms with Crippen LogP contribution in [0.15, 0.2) is 84.9 Å². The van der Waals surface area contributed by atoms with Crippen LogP contribution in [-0.2, 0) is 23.1 Å². The van der Waals surface area contributed by atoms with Crippen molar-refractivity contribution >= 4 is 12.0 Å². The van der Waals surface area contributed by atoms with E-state index in [1.165, 1.54) is 11.1 Å². The molecule has 0 unspecified atom stereocenters. The molecule has 0 atom stereocenters. The van der Waals surface area contributed by atoms with Crippen molar-refractivity contribution in [2.24, 2.45) is 0 Å². The van der Waals surface area contributed by atoms with Gasteiger partial charge in [-0.3, -0.25) is 4.79 Å². The standard InChI is InChI=1S/C28H29NO/c1-2-21-29-27(30)28(20-10-13-22-11-4-3-5-12-22)25-16-8-6-14-23(25)18-19-24-15-7-9-17-26(24)28/h3-17H,2,18-21H2,1H3,(H,29,30). The Morgan fingerprint density at radius 1 is 0.867 bits per heavy atom. The molecule has 3 aromatic rings. The van der Waals surface area contributed by atoms with Gasteiger partial charge in [0.25, 0.3) is 0 Å². The maximum absolute atomic E-state index is 13.9. The highest BCUT2D eigenvalue weighted by atomic mass is 16.2. The molecule has 30 heavy (non-hydrogen) atoms. The highest BCUT2D eigenvalue weighted by molar-refractivity contribution is 5.93. The summed E-state index contributed by atoms with van der Waals surface area (Å²) >= 11 is 0. The predicted octanol–water partition coefficient (Wildman–Crippen LogP) is 5.70. The van der Waals surface area contributed by atoms with Gasteiger partial charge in [-0.2, -0.15) is 0 Å². The summed E-state index contributed by atoms with van der Waals surface area (Å²) in [5.74, 6) is 0.101. The number of carbonyl (C=O) groups excluding carboxylic acids is 1. The Labute approximate surface area is 179 Å². The van der Waals surface area contributed by atoms with Gasteiger partial charge in [0.05, 0.1) is 0 Å². The van der Waals surface area contributed by atoms with Gasteiger partial charge in [-0.1, -0.05) is 97.9 Å². The topological polar surface area (TPSA) is 29.1 Å². The van der Waals surface area contributed by atoms with Crippen molar-refractivity contribution in [3.8, 4) is 0 Å². The van der Waals surface area contributed by atoms with Crippen LogP contribution in [0, 0.1) is 0 Å². The lowest BCUT2D eigenvalue weighted by Crippen LogP contribution is -2.46. The zero-order chi connectivity index (χ0) is 20.8.